The Labute approximate surface area is 283 Å². The van der Waals surface area contributed by atoms with E-state index in [1.165, 1.54) is 43.4 Å². The van der Waals surface area contributed by atoms with Crippen LogP contribution in [0.4, 0.5) is 0 Å². The molecule has 0 amide bonds. The summed E-state index contributed by atoms with van der Waals surface area (Å²) >= 11 is 0. The predicted octanol–water partition coefficient (Wildman–Crippen LogP) is 12.0. The highest BCUT2D eigenvalue weighted by Gasteiger charge is 2.20. The van der Waals surface area contributed by atoms with Gasteiger partial charge in [-0.2, -0.15) is 0 Å². The number of hydrogen-bond donors (Lipinski definition) is 0. The maximum Gasteiger partial charge on any atom is 0.235 e. The first kappa shape index (κ1) is 27.5. The van der Waals surface area contributed by atoms with Crippen molar-refractivity contribution in [3.63, 3.8) is 0 Å². The van der Waals surface area contributed by atoms with E-state index in [-0.39, 0.29) is 0 Å². The van der Waals surface area contributed by atoms with Crippen molar-refractivity contribution in [1.82, 2.24) is 14.5 Å². The molecule has 8 aromatic carbocycles. The number of benzene rings is 8. The summed E-state index contributed by atoms with van der Waals surface area (Å²) in [4.78, 5) is 10.8. The van der Waals surface area contributed by atoms with Crippen molar-refractivity contribution < 1.29 is 0 Å². The fourth-order valence-electron chi connectivity index (χ4n) is 7.46. The van der Waals surface area contributed by atoms with Gasteiger partial charge in [0.1, 0.15) is 0 Å². The summed E-state index contributed by atoms with van der Waals surface area (Å²) in [5.74, 6) is 0.658. The minimum atomic E-state index is 0.658. The van der Waals surface area contributed by atoms with Crippen molar-refractivity contribution >= 4 is 54.3 Å². The number of aromatic nitrogens is 3. The average Bonchev–Trinajstić information content (AvgIpc) is 3.53. The monoisotopic (exact) mass is 623 g/mol. The third-order valence-electron chi connectivity index (χ3n) is 9.80. The Bertz CT molecular complexity index is 2760. The van der Waals surface area contributed by atoms with E-state index in [0.717, 1.165) is 44.3 Å². The molecule has 3 heteroatoms. The van der Waals surface area contributed by atoms with Gasteiger partial charge in [-0.15, -0.1) is 0 Å². The van der Waals surface area contributed by atoms with Crippen LogP contribution in [-0.2, 0) is 0 Å². The fraction of sp³-hybridized carbons (Fsp3) is 0. The van der Waals surface area contributed by atoms with E-state index in [1.54, 1.807) is 0 Å². The highest BCUT2D eigenvalue weighted by atomic mass is 15.2. The van der Waals surface area contributed by atoms with Gasteiger partial charge >= 0.3 is 0 Å². The van der Waals surface area contributed by atoms with Gasteiger partial charge in [-0.1, -0.05) is 152 Å². The third-order valence-corrected chi connectivity index (χ3v) is 9.80. The van der Waals surface area contributed by atoms with Crippen molar-refractivity contribution in [1.29, 1.82) is 0 Å². The first-order chi connectivity index (χ1) is 24.3. The number of fused-ring (bicyclic) bond motifs is 8. The molecule has 0 spiro atoms. The molecule has 0 atom stereocenters. The van der Waals surface area contributed by atoms with E-state index in [9.17, 15) is 0 Å². The van der Waals surface area contributed by atoms with Crippen LogP contribution >= 0.6 is 0 Å². The molecule has 0 saturated carbocycles. The average molecular weight is 624 g/mol. The van der Waals surface area contributed by atoms with E-state index < -0.39 is 0 Å². The molecule has 0 unspecified atom stereocenters. The van der Waals surface area contributed by atoms with E-state index in [4.69, 9.17) is 9.97 Å². The zero-order chi connectivity index (χ0) is 32.3. The lowest BCUT2D eigenvalue weighted by molar-refractivity contribution is 1.01. The Morgan fingerprint density at radius 3 is 1.45 bits per heavy atom. The molecule has 0 aliphatic heterocycles. The Kier molecular flexibility index (Phi) is 6.18. The molecule has 0 N–H and O–H groups in total. The maximum absolute atomic E-state index is 5.43. The molecule has 10 aromatic rings. The lowest BCUT2D eigenvalue weighted by atomic mass is 9.99. The quantitative estimate of drug-likeness (QED) is 0.195. The van der Waals surface area contributed by atoms with Gasteiger partial charge < -0.3 is 0 Å². The van der Waals surface area contributed by atoms with Crippen LogP contribution in [0.5, 0.6) is 0 Å². The summed E-state index contributed by atoms with van der Waals surface area (Å²) in [6.45, 7) is 0. The zero-order valence-electron chi connectivity index (χ0n) is 26.6. The molecule has 0 bridgehead atoms. The highest BCUT2D eigenvalue weighted by Crippen LogP contribution is 2.41. The smallest absolute Gasteiger partial charge is 0.235 e. The number of nitrogens with zero attached hydrogens (tertiary/aromatic N) is 3. The largest absolute Gasteiger partial charge is 0.278 e. The van der Waals surface area contributed by atoms with Crippen LogP contribution in [0.2, 0.25) is 0 Å². The van der Waals surface area contributed by atoms with E-state index >= 15 is 0 Å². The van der Waals surface area contributed by atoms with Crippen LogP contribution in [0, 0.1) is 0 Å². The topological polar surface area (TPSA) is 30.7 Å². The molecule has 0 aliphatic carbocycles. The molecule has 3 nitrogen and oxygen atoms in total. The summed E-state index contributed by atoms with van der Waals surface area (Å²) in [5, 5.41) is 8.35. The molecule has 49 heavy (non-hydrogen) atoms. The van der Waals surface area contributed by atoms with Crippen molar-refractivity contribution in [2.75, 3.05) is 0 Å². The van der Waals surface area contributed by atoms with Crippen molar-refractivity contribution in [3.05, 3.63) is 176 Å². The summed E-state index contributed by atoms with van der Waals surface area (Å²) < 4.78 is 2.26. The molecule has 228 valence electrons. The zero-order valence-corrected chi connectivity index (χ0v) is 26.6. The van der Waals surface area contributed by atoms with E-state index in [2.05, 4.69) is 180 Å². The molecule has 10 rings (SSSR count). The molecule has 0 saturated heterocycles. The van der Waals surface area contributed by atoms with Crippen LogP contribution in [0.25, 0.3) is 93.7 Å². The van der Waals surface area contributed by atoms with Crippen LogP contribution in [0.15, 0.2) is 176 Å². The first-order valence-electron chi connectivity index (χ1n) is 16.7. The Morgan fingerprint density at radius 2 is 0.837 bits per heavy atom. The van der Waals surface area contributed by atoms with Gasteiger partial charge in [0.15, 0.2) is 0 Å². The van der Waals surface area contributed by atoms with Gasteiger partial charge in [-0.05, 0) is 68.1 Å². The maximum atomic E-state index is 5.43. The molecule has 0 radical (unpaired) electrons. The minimum Gasteiger partial charge on any atom is -0.278 e. The van der Waals surface area contributed by atoms with Crippen molar-refractivity contribution in [3.8, 4) is 39.5 Å². The summed E-state index contributed by atoms with van der Waals surface area (Å²) in [5.41, 5.74) is 9.71. The second kappa shape index (κ2) is 11.0. The van der Waals surface area contributed by atoms with E-state index in [0.29, 0.717) is 5.95 Å². The van der Waals surface area contributed by atoms with Gasteiger partial charge in [0.25, 0.3) is 0 Å². The van der Waals surface area contributed by atoms with E-state index in [1.807, 2.05) is 0 Å². The van der Waals surface area contributed by atoms with Crippen molar-refractivity contribution in [2.24, 2.45) is 0 Å². The van der Waals surface area contributed by atoms with Crippen LogP contribution in [0.1, 0.15) is 0 Å². The SMILES string of the molecule is c1ccc(-c2ccc(-c3nc(-n4c5ccc6ccccc6c5c5c6ccccc6ccc54)nc4cc(-c5ccccc5)ccc34)cc2)cc1. The highest BCUT2D eigenvalue weighted by molar-refractivity contribution is 6.28. The first-order valence-corrected chi connectivity index (χ1v) is 16.7. The van der Waals surface area contributed by atoms with Crippen molar-refractivity contribution in [2.45, 2.75) is 0 Å². The molecule has 0 fully saturated rings. The minimum absolute atomic E-state index is 0.658. The van der Waals surface area contributed by atoms with Gasteiger partial charge in [-0.3, -0.25) is 4.57 Å². The standard InChI is InChI=1S/C46H29N3/c1-3-11-30(12-4-1)32-19-21-35(22-20-32)45-39-26-23-36(31-13-5-2-6-14-31)29-40(39)47-46(48-45)49-41-27-24-33-15-7-9-17-37(33)43(41)44-38-18-10-8-16-34(38)25-28-42(44)49/h1-29H. The second-order valence-electron chi connectivity index (χ2n) is 12.6. The third kappa shape index (κ3) is 4.44. The summed E-state index contributed by atoms with van der Waals surface area (Å²) in [6, 6.07) is 62.5. The lowest BCUT2D eigenvalue weighted by Gasteiger charge is -2.13. The Morgan fingerprint density at radius 1 is 0.347 bits per heavy atom. The van der Waals surface area contributed by atoms with Gasteiger partial charge in [0, 0.05) is 21.7 Å². The van der Waals surface area contributed by atoms with Gasteiger partial charge in [0.05, 0.1) is 22.2 Å². The Hall–Kier alpha value is -6.58. The molecular weight excluding hydrogens is 595 g/mol. The normalized spacial score (nSPS) is 11.7. The van der Waals surface area contributed by atoms with Gasteiger partial charge in [-0.25, -0.2) is 9.97 Å². The lowest BCUT2D eigenvalue weighted by Crippen LogP contribution is -2.03. The molecule has 2 aromatic heterocycles. The van der Waals surface area contributed by atoms with Crippen LogP contribution in [-0.4, -0.2) is 14.5 Å². The number of rotatable bonds is 4. The molecule has 2 heterocycles. The second-order valence-corrected chi connectivity index (χ2v) is 12.6. The fourth-order valence-corrected chi connectivity index (χ4v) is 7.46. The molecule has 0 aliphatic rings. The summed E-state index contributed by atoms with van der Waals surface area (Å²) in [6.07, 6.45) is 0. The van der Waals surface area contributed by atoms with Gasteiger partial charge in [0.2, 0.25) is 5.95 Å². The Balaban J connectivity index is 1.29. The summed E-state index contributed by atoms with van der Waals surface area (Å²) in [7, 11) is 0. The molecular formula is C46H29N3. The number of hydrogen-bond acceptors (Lipinski definition) is 2. The van der Waals surface area contributed by atoms with Crippen LogP contribution in [0.3, 0.4) is 0 Å². The van der Waals surface area contributed by atoms with Crippen LogP contribution < -0.4 is 0 Å². The predicted molar refractivity (Wildman–Crippen MR) is 205 cm³/mol.